The van der Waals surface area contributed by atoms with Crippen molar-refractivity contribution in [2.75, 3.05) is 32.7 Å². The van der Waals surface area contributed by atoms with Gasteiger partial charge in [0.05, 0.1) is 6.04 Å². The van der Waals surface area contributed by atoms with Crippen LogP contribution in [0.25, 0.3) is 0 Å². The topological polar surface area (TPSA) is 64.7 Å². The summed E-state index contributed by atoms with van der Waals surface area (Å²) in [6.07, 6.45) is 0. The quantitative estimate of drug-likeness (QED) is 0.611. The van der Waals surface area contributed by atoms with Crippen molar-refractivity contribution in [2.45, 2.75) is 13.0 Å². The number of hydrogen-bond acceptors (Lipinski definition) is 2. The first-order valence-electron chi connectivity index (χ1n) is 5.29. The molecule has 0 aromatic heterocycles. The van der Waals surface area contributed by atoms with Crippen molar-refractivity contribution < 1.29 is 9.59 Å². The molecule has 2 aliphatic heterocycles. The second-order valence-electron chi connectivity index (χ2n) is 3.81. The minimum absolute atomic E-state index is 0.00412. The van der Waals surface area contributed by atoms with E-state index in [1.54, 1.807) is 9.80 Å². The fourth-order valence-corrected chi connectivity index (χ4v) is 2.05. The molecule has 0 radical (unpaired) electrons. The maximum Gasteiger partial charge on any atom is 0.317 e. The fourth-order valence-electron chi connectivity index (χ4n) is 2.05. The molecular weight excluding hydrogens is 196 g/mol. The first-order chi connectivity index (χ1) is 7.22. The van der Waals surface area contributed by atoms with Gasteiger partial charge in [0.1, 0.15) is 0 Å². The third-order valence-corrected chi connectivity index (χ3v) is 2.85. The van der Waals surface area contributed by atoms with Gasteiger partial charge >= 0.3 is 12.1 Å². The summed E-state index contributed by atoms with van der Waals surface area (Å²) in [4.78, 5) is 26.4. The molecule has 0 aromatic carbocycles. The van der Waals surface area contributed by atoms with Crippen LogP contribution in [0.2, 0.25) is 0 Å². The van der Waals surface area contributed by atoms with Crippen LogP contribution in [0.15, 0.2) is 0 Å². The van der Waals surface area contributed by atoms with Crippen LogP contribution in [-0.4, -0.2) is 60.6 Å². The largest absolute Gasteiger partial charge is 0.338 e. The molecule has 0 saturated carbocycles. The Kier molecular flexibility index (Phi) is 2.66. The Balaban J connectivity index is 1.93. The average Bonchev–Trinajstić information content (AvgIpc) is 2.60. The molecule has 0 aromatic rings. The van der Waals surface area contributed by atoms with E-state index in [4.69, 9.17) is 0 Å². The van der Waals surface area contributed by atoms with Gasteiger partial charge < -0.3 is 20.4 Å². The summed E-state index contributed by atoms with van der Waals surface area (Å²) in [7, 11) is 0. The van der Waals surface area contributed by atoms with E-state index in [0.717, 1.165) is 0 Å². The number of carbonyl (C=O) groups is 2. The normalized spacial score (nSPS) is 24.9. The molecule has 2 rings (SSSR count). The van der Waals surface area contributed by atoms with Crippen molar-refractivity contribution in [3.05, 3.63) is 0 Å². The molecule has 2 fully saturated rings. The summed E-state index contributed by atoms with van der Waals surface area (Å²) < 4.78 is 0. The third kappa shape index (κ3) is 1.84. The molecule has 1 unspecified atom stereocenters. The lowest BCUT2D eigenvalue weighted by atomic mass is 10.2. The molecule has 4 amide bonds. The van der Waals surface area contributed by atoms with Gasteiger partial charge in [-0.1, -0.05) is 0 Å². The zero-order valence-corrected chi connectivity index (χ0v) is 8.82. The zero-order valence-electron chi connectivity index (χ0n) is 8.82. The number of piperazine rings is 1. The molecule has 15 heavy (non-hydrogen) atoms. The maximum atomic E-state index is 11.6. The molecule has 0 spiro atoms. The molecule has 6 heteroatoms. The molecule has 2 saturated heterocycles. The fraction of sp³-hybridized carbons (Fsp3) is 0.778. The molecule has 2 aliphatic rings. The van der Waals surface area contributed by atoms with E-state index >= 15 is 0 Å². The highest BCUT2D eigenvalue weighted by Crippen LogP contribution is 2.13. The van der Waals surface area contributed by atoms with E-state index in [1.807, 2.05) is 6.92 Å². The summed E-state index contributed by atoms with van der Waals surface area (Å²) in [6, 6.07) is 0.112. The Bertz CT molecular complexity index is 281. The van der Waals surface area contributed by atoms with E-state index in [0.29, 0.717) is 32.7 Å². The van der Waals surface area contributed by atoms with Gasteiger partial charge in [-0.15, -0.1) is 0 Å². The summed E-state index contributed by atoms with van der Waals surface area (Å²) in [5.41, 5.74) is 0. The standard InChI is InChI=1S/C9H16N4O2/c1-2-10-8(14)12-3-4-13-7(6-12)5-11-9(13)15/h7H,2-6H2,1H3,(H,10,14)(H,11,15). The van der Waals surface area contributed by atoms with E-state index in [9.17, 15) is 9.59 Å². The van der Waals surface area contributed by atoms with Gasteiger partial charge in [0.25, 0.3) is 0 Å². The Morgan fingerprint density at radius 1 is 1.60 bits per heavy atom. The predicted octanol–water partition coefficient (Wildman–Crippen LogP) is -0.575. The monoisotopic (exact) mass is 212 g/mol. The summed E-state index contributed by atoms with van der Waals surface area (Å²) in [5.74, 6) is 0. The van der Waals surface area contributed by atoms with E-state index in [-0.39, 0.29) is 18.1 Å². The molecule has 1 atom stereocenters. The van der Waals surface area contributed by atoms with Gasteiger partial charge in [-0.25, -0.2) is 9.59 Å². The van der Waals surface area contributed by atoms with Crippen molar-refractivity contribution >= 4 is 12.1 Å². The predicted molar refractivity (Wildman–Crippen MR) is 54.5 cm³/mol. The van der Waals surface area contributed by atoms with E-state index < -0.39 is 0 Å². The molecule has 0 aliphatic carbocycles. The van der Waals surface area contributed by atoms with Crippen LogP contribution in [0.3, 0.4) is 0 Å². The van der Waals surface area contributed by atoms with Crippen LogP contribution in [0, 0.1) is 0 Å². The Morgan fingerprint density at radius 2 is 2.40 bits per heavy atom. The summed E-state index contributed by atoms with van der Waals surface area (Å²) in [6.45, 7) is 5.07. The van der Waals surface area contributed by atoms with Gasteiger partial charge in [-0.2, -0.15) is 0 Å². The van der Waals surface area contributed by atoms with Crippen molar-refractivity contribution in [3.8, 4) is 0 Å². The Hall–Kier alpha value is -1.46. The van der Waals surface area contributed by atoms with Crippen LogP contribution in [0.5, 0.6) is 0 Å². The van der Waals surface area contributed by atoms with Crippen LogP contribution >= 0.6 is 0 Å². The average molecular weight is 212 g/mol. The maximum absolute atomic E-state index is 11.6. The molecule has 84 valence electrons. The zero-order chi connectivity index (χ0) is 10.8. The molecule has 6 nitrogen and oxygen atoms in total. The summed E-state index contributed by atoms with van der Waals surface area (Å²) >= 11 is 0. The Labute approximate surface area is 88.6 Å². The van der Waals surface area contributed by atoms with Crippen LogP contribution in [0.4, 0.5) is 9.59 Å². The minimum Gasteiger partial charge on any atom is -0.338 e. The van der Waals surface area contributed by atoms with Crippen LogP contribution in [-0.2, 0) is 0 Å². The molecule has 0 bridgehead atoms. The first-order valence-corrected chi connectivity index (χ1v) is 5.29. The lowest BCUT2D eigenvalue weighted by Gasteiger charge is -2.36. The number of carbonyl (C=O) groups excluding carboxylic acids is 2. The van der Waals surface area contributed by atoms with E-state index in [2.05, 4.69) is 10.6 Å². The van der Waals surface area contributed by atoms with Crippen molar-refractivity contribution in [1.82, 2.24) is 20.4 Å². The number of fused-ring (bicyclic) bond motifs is 1. The molecule has 2 heterocycles. The van der Waals surface area contributed by atoms with Crippen molar-refractivity contribution in [1.29, 1.82) is 0 Å². The van der Waals surface area contributed by atoms with E-state index in [1.165, 1.54) is 0 Å². The van der Waals surface area contributed by atoms with Gasteiger partial charge in [-0.05, 0) is 6.92 Å². The molecular formula is C9H16N4O2. The first kappa shape index (κ1) is 10.1. The highest BCUT2D eigenvalue weighted by Gasteiger charge is 2.36. The number of rotatable bonds is 1. The minimum atomic E-state index is -0.0310. The van der Waals surface area contributed by atoms with Crippen LogP contribution in [0.1, 0.15) is 6.92 Å². The SMILES string of the molecule is CCNC(=O)N1CCN2C(=O)NCC2C1. The van der Waals surface area contributed by atoms with Crippen LogP contribution < -0.4 is 10.6 Å². The van der Waals surface area contributed by atoms with Crippen molar-refractivity contribution in [2.24, 2.45) is 0 Å². The highest BCUT2D eigenvalue weighted by atomic mass is 16.2. The summed E-state index contributed by atoms with van der Waals surface area (Å²) in [5, 5.41) is 5.55. The highest BCUT2D eigenvalue weighted by molar-refractivity contribution is 5.78. The van der Waals surface area contributed by atoms with Gasteiger partial charge in [-0.3, -0.25) is 0 Å². The second kappa shape index (κ2) is 3.96. The number of nitrogens with zero attached hydrogens (tertiary/aromatic N) is 2. The molecule has 2 N–H and O–H groups in total. The smallest absolute Gasteiger partial charge is 0.317 e. The second-order valence-corrected chi connectivity index (χ2v) is 3.81. The number of hydrogen-bond donors (Lipinski definition) is 2. The number of amides is 4. The number of nitrogens with one attached hydrogen (secondary N) is 2. The number of urea groups is 2. The lowest BCUT2D eigenvalue weighted by Crippen LogP contribution is -2.55. The van der Waals surface area contributed by atoms with Gasteiger partial charge in [0.2, 0.25) is 0 Å². The van der Waals surface area contributed by atoms with Gasteiger partial charge in [0.15, 0.2) is 0 Å². The van der Waals surface area contributed by atoms with Gasteiger partial charge in [0, 0.05) is 32.7 Å². The lowest BCUT2D eigenvalue weighted by molar-refractivity contribution is 0.130. The van der Waals surface area contributed by atoms with Crippen molar-refractivity contribution in [3.63, 3.8) is 0 Å². The Morgan fingerprint density at radius 3 is 3.13 bits per heavy atom. The third-order valence-electron chi connectivity index (χ3n) is 2.85.